The Morgan fingerprint density at radius 1 is 1.33 bits per heavy atom. The highest BCUT2D eigenvalue weighted by atomic mass is 15.1. The largest absolute Gasteiger partial charge is 0.399 e. The number of nitrogen functional groups attached to an aromatic ring is 1. The zero-order chi connectivity index (χ0) is 11.4. The van der Waals surface area contributed by atoms with Crippen LogP contribution in [0, 0.1) is 6.92 Å². The molecule has 0 saturated carbocycles. The van der Waals surface area contributed by atoms with Crippen LogP contribution in [0.25, 0.3) is 0 Å². The molecule has 0 aliphatic carbocycles. The Morgan fingerprint density at radius 2 is 2.00 bits per heavy atom. The summed E-state index contributed by atoms with van der Waals surface area (Å²) in [6.07, 6.45) is 1.17. The Balaban J connectivity index is 2.95. The van der Waals surface area contributed by atoms with E-state index in [9.17, 15) is 0 Å². The molecule has 0 aliphatic heterocycles. The molecule has 1 aromatic rings. The van der Waals surface area contributed by atoms with Gasteiger partial charge in [-0.25, -0.2) is 0 Å². The minimum Gasteiger partial charge on any atom is -0.399 e. The van der Waals surface area contributed by atoms with E-state index in [4.69, 9.17) is 5.73 Å². The fraction of sp³-hybridized carbons (Fsp3) is 0.538. The van der Waals surface area contributed by atoms with E-state index in [0.717, 1.165) is 17.8 Å². The predicted octanol–water partition coefficient (Wildman–Crippen LogP) is 3.20. The summed E-state index contributed by atoms with van der Waals surface area (Å²) in [6, 6.07) is 6.81. The molecule has 0 amide bonds. The minimum atomic E-state index is 0.535. The Kier molecular flexibility index (Phi) is 4.01. The zero-order valence-corrected chi connectivity index (χ0v) is 10.2. The molecule has 0 radical (unpaired) electrons. The molecule has 1 rings (SSSR count). The maximum atomic E-state index is 5.82. The van der Waals surface area contributed by atoms with Crippen molar-refractivity contribution >= 4 is 11.4 Å². The SMILES string of the molecule is CCCN(c1ccc(N)c(C)c1)C(C)C. The Morgan fingerprint density at radius 3 is 2.47 bits per heavy atom. The highest BCUT2D eigenvalue weighted by Gasteiger charge is 2.09. The van der Waals surface area contributed by atoms with Crippen LogP contribution in [0.3, 0.4) is 0 Å². The van der Waals surface area contributed by atoms with Crippen LogP contribution in [0.1, 0.15) is 32.8 Å². The van der Waals surface area contributed by atoms with Crippen LogP contribution in [-0.2, 0) is 0 Å². The second-order valence-electron chi connectivity index (χ2n) is 4.33. The summed E-state index contributed by atoms with van der Waals surface area (Å²) >= 11 is 0. The number of hydrogen-bond acceptors (Lipinski definition) is 2. The van der Waals surface area contributed by atoms with Crippen molar-refractivity contribution in [1.29, 1.82) is 0 Å². The summed E-state index contributed by atoms with van der Waals surface area (Å²) in [7, 11) is 0. The second-order valence-corrected chi connectivity index (χ2v) is 4.33. The fourth-order valence-corrected chi connectivity index (χ4v) is 1.76. The number of nitrogens with zero attached hydrogens (tertiary/aromatic N) is 1. The summed E-state index contributed by atoms with van der Waals surface area (Å²) in [6.45, 7) is 9.81. The monoisotopic (exact) mass is 206 g/mol. The first kappa shape index (κ1) is 11.9. The Bertz CT molecular complexity index is 318. The molecule has 0 fully saturated rings. The van der Waals surface area contributed by atoms with Crippen molar-refractivity contribution in [1.82, 2.24) is 0 Å². The third kappa shape index (κ3) is 2.88. The van der Waals surface area contributed by atoms with E-state index >= 15 is 0 Å². The quantitative estimate of drug-likeness (QED) is 0.766. The van der Waals surface area contributed by atoms with Crippen molar-refractivity contribution in [2.24, 2.45) is 0 Å². The second kappa shape index (κ2) is 5.06. The number of nitrogens with two attached hydrogens (primary N) is 1. The van der Waals surface area contributed by atoms with E-state index in [1.807, 2.05) is 6.07 Å². The van der Waals surface area contributed by atoms with E-state index in [2.05, 4.69) is 44.7 Å². The number of rotatable bonds is 4. The topological polar surface area (TPSA) is 29.3 Å². The maximum Gasteiger partial charge on any atom is 0.0372 e. The average Bonchev–Trinajstić information content (AvgIpc) is 2.18. The third-order valence-corrected chi connectivity index (χ3v) is 2.67. The van der Waals surface area contributed by atoms with E-state index in [0.29, 0.717) is 6.04 Å². The number of benzene rings is 1. The van der Waals surface area contributed by atoms with Gasteiger partial charge in [0.1, 0.15) is 0 Å². The molecule has 0 unspecified atom stereocenters. The molecule has 0 heterocycles. The first-order chi connectivity index (χ1) is 7.06. The first-order valence-corrected chi connectivity index (χ1v) is 5.69. The van der Waals surface area contributed by atoms with Crippen molar-refractivity contribution in [3.63, 3.8) is 0 Å². The standard InChI is InChI=1S/C13H22N2/c1-5-8-15(10(2)3)12-6-7-13(14)11(4)9-12/h6-7,9-10H,5,8,14H2,1-4H3. The van der Waals surface area contributed by atoms with Gasteiger partial charge in [-0.2, -0.15) is 0 Å². The van der Waals surface area contributed by atoms with Gasteiger partial charge in [0.05, 0.1) is 0 Å². The van der Waals surface area contributed by atoms with Crippen molar-refractivity contribution in [2.45, 2.75) is 40.2 Å². The lowest BCUT2D eigenvalue weighted by Gasteiger charge is -2.29. The van der Waals surface area contributed by atoms with Crippen molar-refractivity contribution in [3.05, 3.63) is 23.8 Å². The van der Waals surface area contributed by atoms with Crippen LogP contribution in [0.5, 0.6) is 0 Å². The molecule has 0 aromatic heterocycles. The van der Waals surface area contributed by atoms with E-state index in [1.54, 1.807) is 0 Å². The van der Waals surface area contributed by atoms with Crippen LogP contribution < -0.4 is 10.6 Å². The molecule has 0 spiro atoms. The van der Waals surface area contributed by atoms with Crippen molar-refractivity contribution in [2.75, 3.05) is 17.2 Å². The predicted molar refractivity (Wildman–Crippen MR) is 68.4 cm³/mol. The van der Waals surface area contributed by atoms with Crippen LogP contribution >= 0.6 is 0 Å². The van der Waals surface area contributed by atoms with Gasteiger partial charge in [0.25, 0.3) is 0 Å². The average molecular weight is 206 g/mol. The Hall–Kier alpha value is -1.18. The lowest BCUT2D eigenvalue weighted by molar-refractivity contribution is 0.671. The summed E-state index contributed by atoms with van der Waals surface area (Å²) < 4.78 is 0. The maximum absolute atomic E-state index is 5.82. The summed E-state index contributed by atoms with van der Waals surface area (Å²) in [4.78, 5) is 2.41. The fourth-order valence-electron chi connectivity index (χ4n) is 1.76. The molecule has 0 aliphatic rings. The number of anilines is 2. The molecule has 0 atom stereocenters. The van der Waals surface area contributed by atoms with Gasteiger partial charge in [-0.15, -0.1) is 0 Å². The molecule has 0 bridgehead atoms. The Labute approximate surface area is 93.1 Å². The zero-order valence-electron chi connectivity index (χ0n) is 10.2. The third-order valence-electron chi connectivity index (χ3n) is 2.67. The van der Waals surface area contributed by atoms with Gasteiger partial charge in [0.15, 0.2) is 0 Å². The molecule has 15 heavy (non-hydrogen) atoms. The van der Waals surface area contributed by atoms with Crippen LogP contribution in [-0.4, -0.2) is 12.6 Å². The van der Waals surface area contributed by atoms with E-state index < -0.39 is 0 Å². The highest BCUT2D eigenvalue weighted by Crippen LogP contribution is 2.22. The smallest absolute Gasteiger partial charge is 0.0372 e. The van der Waals surface area contributed by atoms with E-state index in [-0.39, 0.29) is 0 Å². The molecule has 1 aromatic carbocycles. The van der Waals surface area contributed by atoms with Gasteiger partial charge >= 0.3 is 0 Å². The minimum absolute atomic E-state index is 0.535. The van der Waals surface area contributed by atoms with Gasteiger partial charge < -0.3 is 10.6 Å². The van der Waals surface area contributed by atoms with Gasteiger partial charge in [-0.3, -0.25) is 0 Å². The van der Waals surface area contributed by atoms with Gasteiger partial charge in [0.2, 0.25) is 0 Å². The highest BCUT2D eigenvalue weighted by molar-refractivity contribution is 5.58. The van der Waals surface area contributed by atoms with Crippen LogP contribution in [0.2, 0.25) is 0 Å². The molecule has 0 saturated heterocycles. The molecular formula is C13H22N2. The summed E-state index contributed by atoms with van der Waals surface area (Å²) in [5.74, 6) is 0. The summed E-state index contributed by atoms with van der Waals surface area (Å²) in [5.41, 5.74) is 9.13. The number of hydrogen-bond donors (Lipinski definition) is 1. The molecule has 84 valence electrons. The summed E-state index contributed by atoms with van der Waals surface area (Å²) in [5, 5.41) is 0. The normalized spacial score (nSPS) is 10.7. The van der Waals surface area contributed by atoms with Crippen LogP contribution in [0.15, 0.2) is 18.2 Å². The van der Waals surface area contributed by atoms with Crippen molar-refractivity contribution in [3.8, 4) is 0 Å². The van der Waals surface area contributed by atoms with Crippen LogP contribution in [0.4, 0.5) is 11.4 Å². The lowest BCUT2D eigenvalue weighted by atomic mass is 10.1. The molecule has 2 heteroatoms. The molecule has 2 N–H and O–H groups in total. The van der Waals surface area contributed by atoms with Crippen molar-refractivity contribution < 1.29 is 0 Å². The van der Waals surface area contributed by atoms with Gasteiger partial charge in [-0.1, -0.05) is 6.92 Å². The number of aryl methyl sites for hydroxylation is 1. The van der Waals surface area contributed by atoms with Gasteiger partial charge in [-0.05, 0) is 51.0 Å². The first-order valence-electron chi connectivity index (χ1n) is 5.69. The molecular weight excluding hydrogens is 184 g/mol. The molecule has 2 nitrogen and oxygen atoms in total. The lowest BCUT2D eigenvalue weighted by Crippen LogP contribution is -2.31. The van der Waals surface area contributed by atoms with E-state index in [1.165, 1.54) is 12.1 Å². The van der Waals surface area contributed by atoms with Gasteiger partial charge in [0, 0.05) is 24.0 Å².